The molecule has 2 fully saturated rings. The smallest absolute Gasteiger partial charge is 0.269 e. The van der Waals surface area contributed by atoms with Crippen LogP contribution in [0, 0.1) is 16.0 Å². The van der Waals surface area contributed by atoms with E-state index < -0.39 is 0 Å². The minimum Gasteiger partial charge on any atom is -0.331 e. The van der Waals surface area contributed by atoms with Gasteiger partial charge < -0.3 is 16.0 Å². The largest absolute Gasteiger partial charge is 0.331 e. The van der Waals surface area contributed by atoms with Crippen molar-refractivity contribution in [2.24, 2.45) is 11.7 Å². The number of halogens is 2. The van der Waals surface area contributed by atoms with Crippen molar-refractivity contribution in [1.82, 2.24) is 10.2 Å². The number of non-ortho nitro benzene ring substituents is 1. The van der Waals surface area contributed by atoms with Crippen molar-refractivity contribution < 1.29 is 9.72 Å². The van der Waals surface area contributed by atoms with Crippen molar-refractivity contribution in [3.63, 3.8) is 0 Å². The fourth-order valence-electron chi connectivity index (χ4n) is 3.88. The Labute approximate surface area is 188 Å². The Bertz CT molecular complexity index is 651. The van der Waals surface area contributed by atoms with Crippen molar-refractivity contribution in [3.8, 4) is 0 Å². The van der Waals surface area contributed by atoms with E-state index in [1.807, 2.05) is 4.90 Å². The number of nitro benzene ring substituents is 1. The number of nitrogens with zero attached hydrogens (tertiary/aromatic N) is 2. The Balaban J connectivity index is 0.00000210. The monoisotopic (exact) mass is 464 g/mol. The standard InChI is InChI=1S/C19H28N4O3S.2ClH/c20-18(19(24)22-9-10-27-13-22)11-14-1-5-16(6-2-14)21-12-15-3-7-17(8-4-15)23(25)26;;/h3-4,7-8,14,16,18,21H,1-2,5-6,9-13,20H2;2*1H/t14?,16?,18-;;/m0../s1. The predicted molar refractivity (Wildman–Crippen MR) is 122 cm³/mol. The third kappa shape index (κ3) is 7.61. The summed E-state index contributed by atoms with van der Waals surface area (Å²) in [5.74, 6) is 2.44. The van der Waals surface area contributed by atoms with Gasteiger partial charge in [-0.15, -0.1) is 36.6 Å². The van der Waals surface area contributed by atoms with Gasteiger partial charge in [0.05, 0.1) is 16.8 Å². The number of thioether (sulfide) groups is 1. The first-order valence-corrected chi connectivity index (χ1v) is 10.8. The number of nitro groups is 1. The highest BCUT2D eigenvalue weighted by molar-refractivity contribution is 7.99. The second-order valence-electron chi connectivity index (χ2n) is 7.50. The summed E-state index contributed by atoms with van der Waals surface area (Å²) in [4.78, 5) is 24.5. The third-order valence-electron chi connectivity index (χ3n) is 5.56. The molecule has 0 radical (unpaired) electrons. The van der Waals surface area contributed by atoms with Crippen LogP contribution in [-0.2, 0) is 11.3 Å². The van der Waals surface area contributed by atoms with Crippen molar-refractivity contribution in [1.29, 1.82) is 0 Å². The summed E-state index contributed by atoms with van der Waals surface area (Å²) >= 11 is 1.79. The number of hydrogen-bond donors (Lipinski definition) is 2. The average molecular weight is 465 g/mol. The molecule has 2 aliphatic rings. The lowest BCUT2D eigenvalue weighted by atomic mass is 9.82. The number of benzene rings is 1. The predicted octanol–water partition coefficient (Wildman–Crippen LogP) is 3.34. The van der Waals surface area contributed by atoms with Crippen molar-refractivity contribution in [2.75, 3.05) is 18.2 Å². The van der Waals surface area contributed by atoms with Gasteiger partial charge in [0.25, 0.3) is 5.69 Å². The van der Waals surface area contributed by atoms with Crippen LogP contribution in [0.5, 0.6) is 0 Å². The molecule has 0 unspecified atom stereocenters. The summed E-state index contributed by atoms with van der Waals surface area (Å²) in [5, 5.41) is 14.2. The maximum Gasteiger partial charge on any atom is 0.269 e. The molecule has 1 atom stereocenters. The molecule has 1 heterocycles. The molecule has 10 heteroatoms. The van der Waals surface area contributed by atoms with Crippen LogP contribution in [0.2, 0.25) is 0 Å². The van der Waals surface area contributed by atoms with E-state index >= 15 is 0 Å². The van der Waals surface area contributed by atoms with Crippen molar-refractivity contribution >= 4 is 48.2 Å². The zero-order valence-corrected chi connectivity index (χ0v) is 18.8. The van der Waals surface area contributed by atoms with Crippen molar-refractivity contribution in [3.05, 3.63) is 39.9 Å². The molecule has 1 aromatic carbocycles. The van der Waals surface area contributed by atoms with Crippen LogP contribution in [-0.4, -0.2) is 46.0 Å². The van der Waals surface area contributed by atoms with E-state index in [1.54, 1.807) is 36.0 Å². The molecule has 0 spiro atoms. The van der Waals surface area contributed by atoms with E-state index in [4.69, 9.17) is 5.73 Å². The number of nitrogens with one attached hydrogen (secondary N) is 1. The summed E-state index contributed by atoms with van der Waals surface area (Å²) in [6.45, 7) is 1.55. The molecule has 29 heavy (non-hydrogen) atoms. The average Bonchev–Trinajstić information content (AvgIpc) is 3.22. The van der Waals surface area contributed by atoms with Gasteiger partial charge >= 0.3 is 0 Å². The molecule has 1 saturated heterocycles. The molecule has 1 saturated carbocycles. The molecule has 7 nitrogen and oxygen atoms in total. The van der Waals surface area contributed by atoms with Crippen LogP contribution < -0.4 is 11.1 Å². The molecule has 3 rings (SSSR count). The second-order valence-corrected chi connectivity index (χ2v) is 8.58. The highest BCUT2D eigenvalue weighted by Gasteiger charge is 2.28. The number of amides is 1. The molecule has 1 aliphatic carbocycles. The maximum absolute atomic E-state index is 12.3. The topological polar surface area (TPSA) is 101 Å². The minimum absolute atomic E-state index is 0. The molecule has 0 aromatic heterocycles. The summed E-state index contributed by atoms with van der Waals surface area (Å²) in [6.07, 6.45) is 5.13. The highest BCUT2D eigenvalue weighted by atomic mass is 35.5. The van der Waals surface area contributed by atoms with Gasteiger partial charge in [0.2, 0.25) is 5.91 Å². The Morgan fingerprint density at radius 3 is 2.45 bits per heavy atom. The van der Waals surface area contributed by atoms with E-state index in [1.165, 1.54) is 0 Å². The third-order valence-corrected chi connectivity index (χ3v) is 6.52. The van der Waals surface area contributed by atoms with Crippen LogP contribution in [0.4, 0.5) is 5.69 Å². The van der Waals surface area contributed by atoms with Crippen LogP contribution in [0.15, 0.2) is 24.3 Å². The lowest BCUT2D eigenvalue weighted by molar-refractivity contribution is -0.384. The van der Waals surface area contributed by atoms with Gasteiger partial charge in [-0.05, 0) is 43.6 Å². The first-order valence-electron chi connectivity index (χ1n) is 9.61. The number of carbonyl (C=O) groups excluding carboxylic acids is 1. The minimum atomic E-state index is -0.378. The van der Waals surface area contributed by atoms with Gasteiger partial charge in [0.1, 0.15) is 0 Å². The Hall–Kier alpha value is -1.06. The molecule has 1 amide bonds. The van der Waals surface area contributed by atoms with Gasteiger partial charge in [-0.3, -0.25) is 14.9 Å². The van der Waals surface area contributed by atoms with E-state index in [0.717, 1.165) is 62.4 Å². The molecule has 3 N–H and O–H groups in total. The zero-order chi connectivity index (χ0) is 19.2. The molecular weight excluding hydrogens is 435 g/mol. The Kier molecular flexibility index (Phi) is 11.3. The lowest BCUT2D eigenvalue weighted by Crippen LogP contribution is -2.44. The summed E-state index contributed by atoms with van der Waals surface area (Å²) in [7, 11) is 0. The Morgan fingerprint density at radius 2 is 1.90 bits per heavy atom. The van der Waals surface area contributed by atoms with E-state index in [9.17, 15) is 14.9 Å². The summed E-state index contributed by atoms with van der Waals surface area (Å²) in [6, 6.07) is 6.79. The first-order chi connectivity index (χ1) is 13.0. The van der Waals surface area contributed by atoms with Crippen LogP contribution >= 0.6 is 36.6 Å². The molecule has 164 valence electrons. The van der Waals surface area contributed by atoms with Gasteiger partial charge in [-0.2, -0.15) is 0 Å². The molecule has 1 aromatic rings. The zero-order valence-electron chi connectivity index (χ0n) is 16.3. The van der Waals surface area contributed by atoms with Gasteiger partial charge in [-0.1, -0.05) is 12.1 Å². The second kappa shape index (κ2) is 12.6. The van der Waals surface area contributed by atoms with E-state index in [0.29, 0.717) is 12.0 Å². The van der Waals surface area contributed by atoms with Crippen LogP contribution in [0.3, 0.4) is 0 Å². The Morgan fingerprint density at radius 1 is 1.24 bits per heavy atom. The molecule has 0 bridgehead atoms. The first kappa shape index (κ1) is 26.0. The number of hydrogen-bond acceptors (Lipinski definition) is 6. The summed E-state index contributed by atoms with van der Waals surface area (Å²) < 4.78 is 0. The number of rotatable bonds is 7. The lowest BCUT2D eigenvalue weighted by Gasteiger charge is -2.31. The number of nitrogens with two attached hydrogens (primary N) is 1. The fourth-order valence-corrected chi connectivity index (χ4v) is 4.84. The van der Waals surface area contributed by atoms with Crippen LogP contribution in [0.1, 0.15) is 37.7 Å². The van der Waals surface area contributed by atoms with Gasteiger partial charge in [0, 0.05) is 37.0 Å². The molecular formula is C19H30Cl2N4O3S. The quantitative estimate of drug-likeness (QED) is 0.473. The maximum atomic E-state index is 12.3. The normalized spacial score (nSPS) is 22.3. The highest BCUT2D eigenvalue weighted by Crippen LogP contribution is 2.28. The van der Waals surface area contributed by atoms with E-state index in [-0.39, 0.29) is 47.4 Å². The SMILES string of the molecule is Cl.Cl.N[C@@H](CC1CCC(NCc2ccc([N+](=O)[O-])cc2)CC1)C(=O)N1CCSC1. The van der Waals surface area contributed by atoms with Gasteiger partial charge in [-0.25, -0.2) is 0 Å². The van der Waals surface area contributed by atoms with Gasteiger partial charge in [0.15, 0.2) is 0 Å². The van der Waals surface area contributed by atoms with Crippen LogP contribution in [0.25, 0.3) is 0 Å². The number of carbonyl (C=O) groups is 1. The summed E-state index contributed by atoms with van der Waals surface area (Å²) in [5.41, 5.74) is 7.34. The van der Waals surface area contributed by atoms with Crippen molar-refractivity contribution in [2.45, 2.75) is 50.7 Å². The fraction of sp³-hybridized carbons (Fsp3) is 0.632. The molecule has 1 aliphatic heterocycles. The van der Waals surface area contributed by atoms with E-state index in [2.05, 4.69) is 5.32 Å².